The summed E-state index contributed by atoms with van der Waals surface area (Å²) in [5, 5.41) is 22.2. The third kappa shape index (κ3) is 3.48. The molecule has 0 aromatic heterocycles. The van der Waals surface area contributed by atoms with Crippen LogP contribution in [0.5, 0.6) is 0 Å². The Hall–Kier alpha value is -1.04. The van der Waals surface area contributed by atoms with Crippen LogP contribution in [0, 0.1) is 11.6 Å². The van der Waals surface area contributed by atoms with E-state index in [2.05, 4.69) is 5.32 Å². The van der Waals surface area contributed by atoms with Crippen LogP contribution >= 0.6 is 0 Å². The molecule has 3 nitrogen and oxygen atoms in total. The average Bonchev–Trinajstić information content (AvgIpc) is 2.26. The summed E-state index contributed by atoms with van der Waals surface area (Å²) in [5.74, 6) is -1.56. The van der Waals surface area contributed by atoms with Gasteiger partial charge in [0.2, 0.25) is 0 Å². The Morgan fingerprint density at radius 2 is 1.72 bits per heavy atom. The van der Waals surface area contributed by atoms with Crippen LogP contribution in [0.4, 0.5) is 8.78 Å². The summed E-state index contributed by atoms with van der Waals surface area (Å²) >= 11 is 0. The predicted molar refractivity (Wildman–Crippen MR) is 65.1 cm³/mol. The highest BCUT2D eigenvalue weighted by atomic mass is 19.1. The Labute approximate surface area is 105 Å². The number of nitrogens with one attached hydrogen (secondary N) is 1. The second kappa shape index (κ2) is 5.73. The number of hydrogen-bond donors (Lipinski definition) is 3. The number of halogens is 2. The number of aliphatic hydroxyl groups is 2. The van der Waals surface area contributed by atoms with E-state index in [0.29, 0.717) is 0 Å². The quantitative estimate of drug-likeness (QED) is 0.755. The molecule has 102 valence electrons. The van der Waals surface area contributed by atoms with Crippen molar-refractivity contribution in [3.63, 3.8) is 0 Å². The maximum absolute atomic E-state index is 13.4. The lowest BCUT2D eigenvalue weighted by atomic mass is 9.98. The molecular formula is C13H19F2NO2. The summed E-state index contributed by atoms with van der Waals surface area (Å²) in [6.07, 6.45) is -1.96. The molecule has 1 aromatic rings. The molecule has 0 fully saturated rings. The molecule has 1 rings (SSSR count). The minimum Gasteiger partial charge on any atom is -0.392 e. The topological polar surface area (TPSA) is 52.5 Å². The summed E-state index contributed by atoms with van der Waals surface area (Å²) in [5.41, 5.74) is -1.01. The molecule has 0 radical (unpaired) electrons. The van der Waals surface area contributed by atoms with Crippen LogP contribution in [0.25, 0.3) is 0 Å². The van der Waals surface area contributed by atoms with Crippen LogP contribution in [0.1, 0.15) is 32.4 Å². The molecule has 0 aliphatic rings. The van der Waals surface area contributed by atoms with E-state index >= 15 is 0 Å². The van der Waals surface area contributed by atoms with Crippen molar-refractivity contribution in [1.29, 1.82) is 0 Å². The molecule has 0 amide bonds. The first-order valence-electron chi connectivity index (χ1n) is 5.80. The molecule has 0 saturated carbocycles. The smallest absolute Gasteiger partial charge is 0.131 e. The van der Waals surface area contributed by atoms with Crippen molar-refractivity contribution in [2.75, 3.05) is 6.54 Å². The summed E-state index contributed by atoms with van der Waals surface area (Å²) in [6.45, 7) is 5.03. The molecule has 18 heavy (non-hydrogen) atoms. The average molecular weight is 259 g/mol. The van der Waals surface area contributed by atoms with E-state index in [1.807, 2.05) is 0 Å². The lowest BCUT2D eigenvalue weighted by molar-refractivity contribution is 0.0789. The summed E-state index contributed by atoms with van der Waals surface area (Å²) in [7, 11) is 0. The number of rotatable bonds is 5. The van der Waals surface area contributed by atoms with Crippen LogP contribution in [-0.2, 0) is 0 Å². The van der Waals surface area contributed by atoms with Gasteiger partial charge in [-0.15, -0.1) is 0 Å². The fourth-order valence-electron chi connectivity index (χ4n) is 1.44. The molecule has 0 saturated heterocycles. The summed E-state index contributed by atoms with van der Waals surface area (Å²) in [4.78, 5) is 0. The van der Waals surface area contributed by atoms with Gasteiger partial charge in [0, 0.05) is 12.1 Å². The normalized spacial score (nSPS) is 15.5. The number of benzene rings is 1. The van der Waals surface area contributed by atoms with E-state index in [4.69, 9.17) is 0 Å². The Morgan fingerprint density at radius 3 is 2.17 bits per heavy atom. The Bertz CT molecular complexity index is 388. The molecule has 0 aliphatic heterocycles. The van der Waals surface area contributed by atoms with Gasteiger partial charge in [-0.2, -0.15) is 0 Å². The molecule has 2 unspecified atom stereocenters. The maximum atomic E-state index is 13.4. The standard InChI is InChI=1S/C13H19F2NO2/c1-8(17)13(2,3)16-7-11(18)12-9(14)5-4-6-10(12)15/h4-6,8,11,16-18H,7H2,1-3H3. The predicted octanol–water partition coefficient (Wildman–Crippen LogP) is 1.75. The first-order chi connectivity index (χ1) is 8.25. The van der Waals surface area contributed by atoms with Gasteiger partial charge >= 0.3 is 0 Å². The highest BCUT2D eigenvalue weighted by molar-refractivity contribution is 5.22. The fourth-order valence-corrected chi connectivity index (χ4v) is 1.44. The zero-order valence-corrected chi connectivity index (χ0v) is 10.7. The van der Waals surface area contributed by atoms with Crippen LogP contribution in [0.2, 0.25) is 0 Å². The van der Waals surface area contributed by atoms with Gasteiger partial charge < -0.3 is 15.5 Å². The number of β-amino-alcohol motifs (C(OH)–C–C–N with tert-alkyl or cyclic N) is 1. The van der Waals surface area contributed by atoms with E-state index in [0.717, 1.165) is 12.1 Å². The Kier molecular flexibility index (Phi) is 4.78. The molecule has 0 heterocycles. The van der Waals surface area contributed by atoms with Gasteiger partial charge in [-0.05, 0) is 32.9 Å². The molecule has 0 aliphatic carbocycles. The number of hydrogen-bond acceptors (Lipinski definition) is 3. The molecule has 1 aromatic carbocycles. The van der Waals surface area contributed by atoms with Crippen LogP contribution in [0.15, 0.2) is 18.2 Å². The van der Waals surface area contributed by atoms with Crippen molar-refractivity contribution >= 4 is 0 Å². The zero-order chi connectivity index (χ0) is 13.9. The van der Waals surface area contributed by atoms with Gasteiger partial charge in [-0.3, -0.25) is 0 Å². The molecule has 2 atom stereocenters. The molecule has 0 bridgehead atoms. The van der Waals surface area contributed by atoms with Crippen molar-refractivity contribution < 1.29 is 19.0 Å². The highest BCUT2D eigenvalue weighted by Gasteiger charge is 2.26. The van der Waals surface area contributed by atoms with Gasteiger partial charge in [-0.1, -0.05) is 6.07 Å². The number of aliphatic hydroxyl groups excluding tert-OH is 2. The lowest BCUT2D eigenvalue weighted by Crippen LogP contribution is -2.49. The van der Waals surface area contributed by atoms with Crippen LogP contribution < -0.4 is 5.32 Å². The molecule has 5 heteroatoms. The van der Waals surface area contributed by atoms with E-state index in [-0.39, 0.29) is 12.1 Å². The van der Waals surface area contributed by atoms with Gasteiger partial charge in [-0.25, -0.2) is 8.78 Å². The fraction of sp³-hybridized carbons (Fsp3) is 0.538. The van der Waals surface area contributed by atoms with Gasteiger partial charge in [0.15, 0.2) is 0 Å². The van der Waals surface area contributed by atoms with E-state index in [9.17, 15) is 19.0 Å². The highest BCUT2D eigenvalue weighted by Crippen LogP contribution is 2.21. The van der Waals surface area contributed by atoms with Gasteiger partial charge in [0.25, 0.3) is 0 Å². The van der Waals surface area contributed by atoms with Crippen molar-refractivity contribution in [2.24, 2.45) is 0 Å². The summed E-state index contributed by atoms with van der Waals surface area (Å²) < 4.78 is 26.8. The second-order valence-corrected chi connectivity index (χ2v) is 4.93. The lowest BCUT2D eigenvalue weighted by Gasteiger charge is -2.30. The maximum Gasteiger partial charge on any atom is 0.131 e. The first kappa shape index (κ1) is 15.0. The Balaban J connectivity index is 2.75. The Morgan fingerprint density at radius 1 is 1.22 bits per heavy atom. The largest absolute Gasteiger partial charge is 0.392 e. The third-order valence-electron chi connectivity index (χ3n) is 3.13. The minimum atomic E-state index is -1.30. The van der Waals surface area contributed by atoms with Gasteiger partial charge in [0.1, 0.15) is 11.6 Å². The van der Waals surface area contributed by atoms with Crippen molar-refractivity contribution in [3.8, 4) is 0 Å². The monoisotopic (exact) mass is 259 g/mol. The van der Waals surface area contributed by atoms with E-state index in [1.165, 1.54) is 6.07 Å². The van der Waals surface area contributed by atoms with Crippen LogP contribution in [-0.4, -0.2) is 28.4 Å². The SMILES string of the molecule is CC(O)C(C)(C)NCC(O)c1c(F)cccc1F. The van der Waals surface area contributed by atoms with E-state index in [1.54, 1.807) is 20.8 Å². The first-order valence-corrected chi connectivity index (χ1v) is 5.80. The minimum absolute atomic E-state index is 0.0459. The van der Waals surface area contributed by atoms with Crippen LogP contribution in [0.3, 0.4) is 0 Å². The molecule has 3 N–H and O–H groups in total. The van der Waals surface area contributed by atoms with Crippen molar-refractivity contribution in [2.45, 2.75) is 38.5 Å². The second-order valence-electron chi connectivity index (χ2n) is 4.93. The van der Waals surface area contributed by atoms with Crippen molar-refractivity contribution in [1.82, 2.24) is 5.32 Å². The zero-order valence-electron chi connectivity index (χ0n) is 10.7. The van der Waals surface area contributed by atoms with Gasteiger partial charge in [0.05, 0.1) is 17.8 Å². The summed E-state index contributed by atoms with van der Waals surface area (Å²) in [6, 6.07) is 3.44. The van der Waals surface area contributed by atoms with Crippen molar-refractivity contribution in [3.05, 3.63) is 35.4 Å². The molecular weight excluding hydrogens is 240 g/mol. The van der Waals surface area contributed by atoms with E-state index < -0.39 is 29.4 Å². The molecule has 0 spiro atoms. The third-order valence-corrected chi connectivity index (χ3v) is 3.13.